The van der Waals surface area contributed by atoms with E-state index in [1.54, 1.807) is 0 Å². The van der Waals surface area contributed by atoms with E-state index < -0.39 is 6.10 Å². The zero-order valence-corrected chi connectivity index (χ0v) is 40.5. The molecule has 0 fully saturated rings. The molecule has 0 amide bonds. The van der Waals surface area contributed by atoms with Gasteiger partial charge in [-0.15, -0.1) is 0 Å². The van der Waals surface area contributed by atoms with Crippen LogP contribution in [0.5, 0.6) is 0 Å². The number of esters is 3. The third-order valence-corrected chi connectivity index (χ3v) is 12.0. The fraction of sp³-hybridized carbons (Fsp3) is 0.907. The van der Waals surface area contributed by atoms with Gasteiger partial charge < -0.3 is 14.2 Å². The Hall–Kier alpha value is -1.85. The molecule has 354 valence electrons. The van der Waals surface area contributed by atoms with Gasteiger partial charge in [-0.1, -0.05) is 245 Å². The summed E-state index contributed by atoms with van der Waals surface area (Å²) >= 11 is 0. The summed E-state index contributed by atoms with van der Waals surface area (Å²) in [5.41, 5.74) is 0. The van der Waals surface area contributed by atoms with E-state index in [2.05, 4.69) is 32.9 Å². The Morgan fingerprint density at radius 1 is 0.317 bits per heavy atom. The molecule has 0 saturated heterocycles. The van der Waals surface area contributed by atoms with Crippen molar-refractivity contribution in [1.29, 1.82) is 0 Å². The smallest absolute Gasteiger partial charge is 0.306 e. The Balaban J connectivity index is 4.29. The third-order valence-electron chi connectivity index (χ3n) is 12.0. The van der Waals surface area contributed by atoms with Gasteiger partial charge >= 0.3 is 17.9 Å². The van der Waals surface area contributed by atoms with Crippen molar-refractivity contribution in [1.82, 2.24) is 0 Å². The number of rotatable bonds is 49. The quantitative estimate of drug-likeness (QED) is 0.0263. The first-order chi connectivity index (χ1) is 29.5. The lowest BCUT2D eigenvalue weighted by atomic mass is 10.0. The highest BCUT2D eigenvalue weighted by molar-refractivity contribution is 5.71. The van der Waals surface area contributed by atoms with Gasteiger partial charge in [0, 0.05) is 19.3 Å². The summed E-state index contributed by atoms with van der Waals surface area (Å²) in [7, 11) is 0. The average molecular weight is 847 g/mol. The molecule has 60 heavy (non-hydrogen) atoms. The number of carbonyl (C=O) groups is 3. The predicted molar refractivity (Wildman–Crippen MR) is 256 cm³/mol. The number of allylic oxidation sites excluding steroid dienone is 2. The molecule has 6 heteroatoms. The Kier molecular flexibility index (Phi) is 48.3. The standard InChI is InChI=1S/C54H102O6/c1-4-7-10-13-16-19-22-25-26-27-28-29-30-33-35-38-41-44-47-53(56)59-50-51(60-54(57)48-45-42-39-36-32-24-21-18-15-12-9-6-3)49-58-52(55)46-43-40-37-34-31-23-20-17-14-11-8-5-2/h26-27,51H,4-25,28-50H2,1-3H3/b27-26-. The second-order valence-electron chi connectivity index (χ2n) is 18.2. The van der Waals surface area contributed by atoms with Crippen LogP contribution >= 0.6 is 0 Å². The second-order valence-corrected chi connectivity index (χ2v) is 18.2. The molecule has 0 saturated carbocycles. The minimum atomic E-state index is -0.764. The molecule has 0 rings (SSSR count). The van der Waals surface area contributed by atoms with Crippen LogP contribution in [-0.2, 0) is 28.6 Å². The van der Waals surface area contributed by atoms with E-state index in [9.17, 15) is 14.4 Å². The molecule has 0 spiro atoms. The van der Waals surface area contributed by atoms with Gasteiger partial charge in [-0.2, -0.15) is 0 Å². The maximum atomic E-state index is 12.8. The molecule has 0 aromatic heterocycles. The van der Waals surface area contributed by atoms with Gasteiger partial charge in [0.15, 0.2) is 6.10 Å². The van der Waals surface area contributed by atoms with Gasteiger partial charge in [-0.25, -0.2) is 0 Å². The van der Waals surface area contributed by atoms with Crippen molar-refractivity contribution in [2.24, 2.45) is 0 Å². The van der Waals surface area contributed by atoms with Crippen LogP contribution in [-0.4, -0.2) is 37.2 Å². The fourth-order valence-electron chi connectivity index (χ4n) is 7.97. The summed E-state index contributed by atoms with van der Waals surface area (Å²) in [5.74, 6) is -0.853. The molecule has 0 aliphatic carbocycles. The lowest BCUT2D eigenvalue weighted by molar-refractivity contribution is -0.167. The lowest BCUT2D eigenvalue weighted by Crippen LogP contribution is -2.30. The normalized spacial score (nSPS) is 12.0. The van der Waals surface area contributed by atoms with Crippen molar-refractivity contribution in [3.8, 4) is 0 Å². The predicted octanol–water partition coefficient (Wildman–Crippen LogP) is 17.4. The van der Waals surface area contributed by atoms with Crippen LogP contribution in [0.3, 0.4) is 0 Å². The maximum absolute atomic E-state index is 12.8. The van der Waals surface area contributed by atoms with E-state index in [-0.39, 0.29) is 31.1 Å². The molecular weight excluding hydrogens is 745 g/mol. The van der Waals surface area contributed by atoms with E-state index in [4.69, 9.17) is 14.2 Å². The van der Waals surface area contributed by atoms with Crippen molar-refractivity contribution in [3.05, 3.63) is 12.2 Å². The number of unbranched alkanes of at least 4 members (excludes halogenated alkanes) is 36. The third kappa shape index (κ3) is 47.2. The molecule has 6 nitrogen and oxygen atoms in total. The topological polar surface area (TPSA) is 78.9 Å². The molecule has 0 aromatic carbocycles. The van der Waals surface area contributed by atoms with Crippen molar-refractivity contribution in [3.63, 3.8) is 0 Å². The van der Waals surface area contributed by atoms with Gasteiger partial charge in [-0.3, -0.25) is 14.4 Å². The highest BCUT2D eigenvalue weighted by Crippen LogP contribution is 2.16. The summed E-state index contributed by atoms with van der Waals surface area (Å²) in [6.07, 6.45) is 54.8. The van der Waals surface area contributed by atoms with Gasteiger partial charge in [0.25, 0.3) is 0 Å². The summed E-state index contributed by atoms with van der Waals surface area (Å²) in [6, 6.07) is 0. The van der Waals surface area contributed by atoms with E-state index in [1.165, 1.54) is 199 Å². The molecule has 1 atom stereocenters. The Bertz CT molecular complexity index is 931. The van der Waals surface area contributed by atoms with E-state index >= 15 is 0 Å². The molecular formula is C54H102O6. The highest BCUT2D eigenvalue weighted by atomic mass is 16.6. The molecule has 0 aliphatic heterocycles. The highest BCUT2D eigenvalue weighted by Gasteiger charge is 2.19. The van der Waals surface area contributed by atoms with Crippen molar-refractivity contribution >= 4 is 17.9 Å². The van der Waals surface area contributed by atoms with E-state index in [0.29, 0.717) is 19.3 Å². The summed E-state index contributed by atoms with van der Waals surface area (Å²) in [6.45, 7) is 6.66. The van der Waals surface area contributed by atoms with Gasteiger partial charge in [0.1, 0.15) is 13.2 Å². The van der Waals surface area contributed by atoms with Crippen LogP contribution in [0, 0.1) is 0 Å². The molecule has 0 N–H and O–H groups in total. The van der Waals surface area contributed by atoms with Crippen LogP contribution in [0.4, 0.5) is 0 Å². The summed E-state index contributed by atoms with van der Waals surface area (Å²) in [5, 5.41) is 0. The van der Waals surface area contributed by atoms with Crippen LogP contribution in [0.2, 0.25) is 0 Å². The zero-order valence-electron chi connectivity index (χ0n) is 40.5. The molecule has 0 heterocycles. The first kappa shape index (κ1) is 58.1. The van der Waals surface area contributed by atoms with E-state index in [0.717, 1.165) is 57.8 Å². The number of hydrogen-bond acceptors (Lipinski definition) is 6. The number of ether oxygens (including phenoxy) is 3. The van der Waals surface area contributed by atoms with Crippen LogP contribution < -0.4 is 0 Å². The van der Waals surface area contributed by atoms with Crippen molar-refractivity contribution in [2.45, 2.75) is 303 Å². The largest absolute Gasteiger partial charge is 0.462 e. The summed E-state index contributed by atoms with van der Waals surface area (Å²) < 4.78 is 16.8. The Labute approximate surface area is 373 Å². The summed E-state index contributed by atoms with van der Waals surface area (Å²) in [4.78, 5) is 37.9. The van der Waals surface area contributed by atoms with Crippen LogP contribution in [0.15, 0.2) is 12.2 Å². The number of hydrogen-bond donors (Lipinski definition) is 0. The van der Waals surface area contributed by atoms with Gasteiger partial charge in [0.05, 0.1) is 0 Å². The van der Waals surface area contributed by atoms with E-state index in [1.807, 2.05) is 0 Å². The maximum Gasteiger partial charge on any atom is 0.306 e. The molecule has 1 unspecified atom stereocenters. The molecule has 0 radical (unpaired) electrons. The molecule has 0 bridgehead atoms. The van der Waals surface area contributed by atoms with Crippen molar-refractivity contribution in [2.75, 3.05) is 13.2 Å². The second kappa shape index (κ2) is 49.8. The van der Waals surface area contributed by atoms with Gasteiger partial charge in [-0.05, 0) is 44.9 Å². The fourth-order valence-corrected chi connectivity index (χ4v) is 7.97. The zero-order chi connectivity index (χ0) is 43.7. The number of carbonyl (C=O) groups excluding carboxylic acids is 3. The Morgan fingerprint density at radius 3 is 0.833 bits per heavy atom. The molecule has 0 aliphatic rings. The van der Waals surface area contributed by atoms with Gasteiger partial charge in [0.2, 0.25) is 0 Å². The van der Waals surface area contributed by atoms with Crippen molar-refractivity contribution < 1.29 is 28.6 Å². The average Bonchev–Trinajstić information content (AvgIpc) is 3.24. The van der Waals surface area contributed by atoms with Crippen LogP contribution in [0.25, 0.3) is 0 Å². The Morgan fingerprint density at radius 2 is 0.550 bits per heavy atom. The SMILES string of the molecule is CCCCCCCCC/C=C\CCCCCCCCCC(=O)OCC(COC(=O)CCCCCCCCCCCCCC)OC(=O)CCCCCCCCCCCCCC. The molecule has 0 aromatic rings. The first-order valence-corrected chi connectivity index (χ1v) is 26.7. The van der Waals surface area contributed by atoms with Crippen LogP contribution in [0.1, 0.15) is 297 Å². The minimum absolute atomic E-state index is 0.0659. The monoisotopic (exact) mass is 847 g/mol. The minimum Gasteiger partial charge on any atom is -0.462 e. The first-order valence-electron chi connectivity index (χ1n) is 26.7. The lowest BCUT2D eigenvalue weighted by Gasteiger charge is -2.18.